The fourth-order valence-electron chi connectivity index (χ4n) is 3.33. The number of piperidine rings is 1. The van der Waals surface area contributed by atoms with Gasteiger partial charge >= 0.3 is 0 Å². The summed E-state index contributed by atoms with van der Waals surface area (Å²) in [7, 11) is 3.57. The zero-order valence-electron chi connectivity index (χ0n) is 15.7. The maximum Gasteiger partial charge on any atom is 0.259 e. The molecule has 142 valence electrons. The van der Waals surface area contributed by atoms with Gasteiger partial charge in [0.05, 0.1) is 18.6 Å². The van der Waals surface area contributed by atoms with Crippen LogP contribution >= 0.6 is 0 Å². The number of amides is 2. The summed E-state index contributed by atoms with van der Waals surface area (Å²) in [4.78, 5) is 27.2. The van der Waals surface area contributed by atoms with Crippen molar-refractivity contribution in [3.63, 3.8) is 0 Å². The average molecular weight is 367 g/mol. The highest BCUT2D eigenvalue weighted by Gasteiger charge is 2.24. The highest BCUT2D eigenvalue weighted by atomic mass is 16.5. The minimum Gasteiger partial charge on any atom is -0.496 e. The van der Waals surface area contributed by atoms with E-state index >= 15 is 0 Å². The number of carbonyl (C=O) groups is 2. The molecule has 1 saturated heterocycles. The van der Waals surface area contributed by atoms with E-state index in [1.165, 1.54) is 7.11 Å². The lowest BCUT2D eigenvalue weighted by molar-refractivity contribution is -0.121. The second-order valence-corrected chi connectivity index (χ2v) is 6.83. The van der Waals surface area contributed by atoms with Crippen LogP contribution in [0.5, 0.6) is 5.75 Å². The Labute approximate surface area is 159 Å². The molecule has 3 rings (SSSR count). The largest absolute Gasteiger partial charge is 0.496 e. The van der Waals surface area contributed by atoms with Gasteiger partial charge in [0, 0.05) is 17.9 Å². The first-order chi connectivity index (χ1) is 13.1. The number of para-hydroxylation sites is 1. The molecule has 1 fully saturated rings. The van der Waals surface area contributed by atoms with Gasteiger partial charge in [0.25, 0.3) is 5.91 Å². The van der Waals surface area contributed by atoms with Gasteiger partial charge in [-0.2, -0.15) is 0 Å². The molecule has 0 aromatic heterocycles. The van der Waals surface area contributed by atoms with Crippen LogP contribution in [0.15, 0.2) is 48.5 Å². The van der Waals surface area contributed by atoms with Gasteiger partial charge in [0.1, 0.15) is 5.75 Å². The van der Waals surface area contributed by atoms with Gasteiger partial charge < -0.3 is 20.3 Å². The number of nitrogens with zero attached hydrogens (tertiary/aromatic N) is 1. The number of benzene rings is 2. The summed E-state index contributed by atoms with van der Waals surface area (Å²) in [5.74, 6) is 0.274. The van der Waals surface area contributed by atoms with Crippen molar-refractivity contribution >= 4 is 23.2 Å². The Balaban J connectivity index is 1.66. The van der Waals surface area contributed by atoms with Crippen LogP contribution in [-0.4, -0.2) is 44.0 Å². The molecule has 27 heavy (non-hydrogen) atoms. The van der Waals surface area contributed by atoms with Gasteiger partial charge in [-0.15, -0.1) is 0 Å². The van der Waals surface area contributed by atoms with Crippen LogP contribution in [-0.2, 0) is 4.79 Å². The molecule has 1 atom stereocenters. The molecule has 1 aliphatic rings. The molecule has 2 aromatic rings. The van der Waals surface area contributed by atoms with Crippen molar-refractivity contribution in [1.82, 2.24) is 4.90 Å². The van der Waals surface area contributed by atoms with Crippen molar-refractivity contribution in [2.24, 2.45) is 5.92 Å². The third kappa shape index (κ3) is 4.86. The van der Waals surface area contributed by atoms with Crippen molar-refractivity contribution in [1.29, 1.82) is 0 Å². The quantitative estimate of drug-likeness (QED) is 0.851. The van der Waals surface area contributed by atoms with Crippen molar-refractivity contribution in [3.05, 3.63) is 54.1 Å². The normalized spacial score (nSPS) is 17.2. The van der Waals surface area contributed by atoms with Gasteiger partial charge in [-0.3, -0.25) is 9.59 Å². The second kappa shape index (κ2) is 8.68. The van der Waals surface area contributed by atoms with Crippen molar-refractivity contribution in [2.45, 2.75) is 12.8 Å². The molecule has 2 N–H and O–H groups in total. The molecule has 1 heterocycles. The van der Waals surface area contributed by atoms with Crippen LogP contribution < -0.4 is 15.4 Å². The van der Waals surface area contributed by atoms with Crippen LogP contribution in [0.1, 0.15) is 23.2 Å². The van der Waals surface area contributed by atoms with Gasteiger partial charge in [0.2, 0.25) is 5.91 Å². The Bertz CT molecular complexity index is 822. The van der Waals surface area contributed by atoms with Crippen molar-refractivity contribution in [3.8, 4) is 5.75 Å². The summed E-state index contributed by atoms with van der Waals surface area (Å²) < 4.78 is 5.23. The summed E-state index contributed by atoms with van der Waals surface area (Å²) in [5.41, 5.74) is 1.75. The van der Waals surface area contributed by atoms with E-state index in [0.717, 1.165) is 25.9 Å². The maximum absolute atomic E-state index is 12.5. The number of ether oxygens (including phenoxy) is 1. The number of hydrogen-bond acceptors (Lipinski definition) is 4. The highest BCUT2D eigenvalue weighted by Crippen LogP contribution is 2.22. The number of hydrogen-bond donors (Lipinski definition) is 2. The smallest absolute Gasteiger partial charge is 0.259 e. The molecule has 0 spiro atoms. The summed E-state index contributed by atoms with van der Waals surface area (Å²) in [5, 5.41) is 5.82. The van der Waals surface area contributed by atoms with E-state index in [1.54, 1.807) is 36.4 Å². The zero-order chi connectivity index (χ0) is 19.2. The summed E-state index contributed by atoms with van der Waals surface area (Å²) in [6.45, 7) is 1.81. The number of nitrogens with one attached hydrogen (secondary N) is 2. The summed E-state index contributed by atoms with van der Waals surface area (Å²) in [6.07, 6.45) is 1.93. The van der Waals surface area contributed by atoms with Crippen molar-refractivity contribution < 1.29 is 14.3 Å². The molecule has 0 saturated carbocycles. The number of anilines is 2. The first-order valence-corrected chi connectivity index (χ1v) is 9.10. The summed E-state index contributed by atoms with van der Waals surface area (Å²) >= 11 is 0. The molecule has 1 aliphatic heterocycles. The zero-order valence-corrected chi connectivity index (χ0v) is 15.7. The molecule has 0 radical (unpaired) electrons. The summed E-state index contributed by atoms with van der Waals surface area (Å²) in [6, 6.07) is 14.2. The number of carbonyl (C=O) groups excluding carboxylic acids is 2. The minimum atomic E-state index is -0.259. The second-order valence-electron chi connectivity index (χ2n) is 6.83. The first-order valence-electron chi connectivity index (χ1n) is 9.10. The fraction of sp³-hybridized carbons (Fsp3) is 0.333. The maximum atomic E-state index is 12.5. The van der Waals surface area contributed by atoms with Crippen LogP contribution in [0.4, 0.5) is 11.4 Å². The molecule has 0 aliphatic carbocycles. The molecule has 2 amide bonds. The molecular formula is C21H25N3O3. The van der Waals surface area contributed by atoms with E-state index in [4.69, 9.17) is 4.74 Å². The Hall–Kier alpha value is -2.86. The predicted molar refractivity (Wildman–Crippen MR) is 106 cm³/mol. The van der Waals surface area contributed by atoms with E-state index in [0.29, 0.717) is 22.7 Å². The first kappa shape index (κ1) is 18.9. The molecule has 2 aromatic carbocycles. The lowest BCUT2D eigenvalue weighted by Gasteiger charge is -2.28. The third-order valence-electron chi connectivity index (χ3n) is 4.73. The topological polar surface area (TPSA) is 70.7 Å². The Morgan fingerprint density at radius 3 is 2.56 bits per heavy atom. The minimum absolute atomic E-state index is 0.00410. The SMILES string of the molecule is COc1ccccc1C(=O)Nc1cccc(NC(=O)C2CCCN(C)C2)c1. The van der Waals surface area contributed by atoms with Crippen LogP contribution in [0, 0.1) is 5.92 Å². The molecule has 6 nitrogen and oxygen atoms in total. The predicted octanol–water partition coefficient (Wildman–Crippen LogP) is 3.23. The lowest BCUT2D eigenvalue weighted by Crippen LogP contribution is -2.38. The molecule has 1 unspecified atom stereocenters. The lowest BCUT2D eigenvalue weighted by atomic mass is 9.97. The average Bonchev–Trinajstić information content (AvgIpc) is 2.68. The number of likely N-dealkylation sites (tertiary alicyclic amines) is 1. The third-order valence-corrected chi connectivity index (χ3v) is 4.73. The van der Waals surface area contributed by atoms with E-state index in [2.05, 4.69) is 15.5 Å². The van der Waals surface area contributed by atoms with Gasteiger partial charge in [-0.1, -0.05) is 18.2 Å². The van der Waals surface area contributed by atoms with Crippen molar-refractivity contribution in [2.75, 3.05) is 37.9 Å². The van der Waals surface area contributed by atoms with Crippen LogP contribution in [0.3, 0.4) is 0 Å². The fourth-order valence-corrected chi connectivity index (χ4v) is 3.33. The van der Waals surface area contributed by atoms with Crippen LogP contribution in [0.25, 0.3) is 0 Å². The van der Waals surface area contributed by atoms with Gasteiger partial charge in [-0.05, 0) is 56.8 Å². The van der Waals surface area contributed by atoms with E-state index in [9.17, 15) is 9.59 Å². The van der Waals surface area contributed by atoms with E-state index in [1.807, 2.05) is 19.2 Å². The number of rotatable bonds is 5. The van der Waals surface area contributed by atoms with E-state index in [-0.39, 0.29) is 17.7 Å². The van der Waals surface area contributed by atoms with E-state index < -0.39 is 0 Å². The highest BCUT2D eigenvalue weighted by molar-refractivity contribution is 6.06. The molecular weight excluding hydrogens is 342 g/mol. The standard InChI is InChI=1S/C21H25N3O3/c1-24-12-6-7-15(14-24)20(25)22-16-8-5-9-17(13-16)23-21(26)18-10-3-4-11-19(18)27-2/h3-5,8-11,13,15H,6-7,12,14H2,1-2H3,(H,22,25)(H,23,26). The molecule has 6 heteroatoms. The molecule has 0 bridgehead atoms. The Morgan fingerprint density at radius 1 is 1.07 bits per heavy atom. The number of methoxy groups -OCH3 is 1. The Kier molecular flexibility index (Phi) is 6.08. The monoisotopic (exact) mass is 367 g/mol. The van der Waals surface area contributed by atoms with Crippen LogP contribution in [0.2, 0.25) is 0 Å². The Morgan fingerprint density at radius 2 is 1.81 bits per heavy atom. The van der Waals surface area contributed by atoms with Gasteiger partial charge in [0.15, 0.2) is 0 Å². The van der Waals surface area contributed by atoms with Gasteiger partial charge in [-0.25, -0.2) is 0 Å².